The molecule has 1 rings (SSSR count). The van der Waals surface area contributed by atoms with Crippen LogP contribution in [-0.4, -0.2) is 69.7 Å². The summed E-state index contributed by atoms with van der Waals surface area (Å²) in [4.78, 5) is 0. The molecule has 5 atom stereocenters. The van der Waals surface area contributed by atoms with Crippen LogP contribution in [0.1, 0.15) is 83.1 Å². The van der Waals surface area contributed by atoms with Crippen molar-refractivity contribution >= 4 is 33.0 Å². The van der Waals surface area contributed by atoms with Crippen LogP contribution >= 0.6 is 0 Å². The Hall–Kier alpha value is 0.668. The van der Waals surface area contributed by atoms with Gasteiger partial charge in [-0.1, -0.05) is 101 Å². The van der Waals surface area contributed by atoms with Crippen molar-refractivity contribution in [2.24, 2.45) is 5.73 Å². The first-order chi connectivity index (χ1) is 18.5. The second kappa shape index (κ2) is 17.1. The van der Waals surface area contributed by atoms with E-state index in [1.165, 1.54) is 18.1 Å². The molecule has 1 heterocycles. The Kier molecular flexibility index (Phi) is 16.5. The summed E-state index contributed by atoms with van der Waals surface area (Å²) in [6.45, 7) is 28.6. The summed E-state index contributed by atoms with van der Waals surface area (Å²) >= 11 is 0. The summed E-state index contributed by atoms with van der Waals surface area (Å²) in [6.07, 6.45) is -0.367. The maximum Gasteiger partial charge on any atom is 0.192 e. The average molecular weight is 620 g/mol. The number of nitrogens with two attached hydrogens (primary N) is 1. The van der Waals surface area contributed by atoms with Crippen LogP contribution in [0.25, 0.3) is 0 Å². The molecule has 0 saturated carbocycles. The van der Waals surface area contributed by atoms with E-state index in [-0.39, 0.29) is 30.1 Å². The fourth-order valence-corrected chi connectivity index (χ4v) is 19.7. The summed E-state index contributed by atoms with van der Waals surface area (Å²) in [7, 11) is -7.46. The quantitative estimate of drug-likeness (QED) is 0.138. The van der Waals surface area contributed by atoms with E-state index < -0.39 is 33.0 Å². The first-order valence-electron chi connectivity index (χ1n) is 16.9. The van der Waals surface area contributed by atoms with Crippen LogP contribution in [0, 0.1) is 0 Å². The van der Waals surface area contributed by atoms with Crippen LogP contribution in [0.4, 0.5) is 0 Å². The summed E-state index contributed by atoms with van der Waals surface area (Å²) in [5.41, 5.74) is 7.45. The molecule has 0 aromatic carbocycles. The predicted molar refractivity (Wildman–Crippen MR) is 181 cm³/mol. The van der Waals surface area contributed by atoms with Crippen molar-refractivity contribution in [3.05, 3.63) is 0 Å². The van der Waals surface area contributed by atoms with E-state index in [1.807, 2.05) is 0 Å². The Labute approximate surface area is 248 Å². The fourth-order valence-electron chi connectivity index (χ4n) is 7.18. The van der Waals surface area contributed by atoms with Crippen LogP contribution in [0.5, 0.6) is 0 Å². The molecule has 0 spiro atoms. The van der Waals surface area contributed by atoms with E-state index in [1.54, 1.807) is 0 Å². The molecule has 1 aliphatic heterocycles. The molecule has 0 amide bonds. The largest absolute Gasteiger partial charge is 0.414 e. The minimum Gasteiger partial charge on any atom is -0.414 e. The van der Waals surface area contributed by atoms with E-state index in [0.717, 1.165) is 54.4 Å². The van der Waals surface area contributed by atoms with Crippen molar-refractivity contribution in [2.45, 2.75) is 186 Å². The van der Waals surface area contributed by atoms with Crippen LogP contribution in [0.3, 0.4) is 0 Å². The maximum atomic E-state index is 7.44. The molecule has 5 nitrogen and oxygen atoms in total. The molecule has 0 aromatic heterocycles. The van der Waals surface area contributed by atoms with Gasteiger partial charge in [0.15, 0.2) is 25.0 Å². The number of ether oxygens (including phenoxy) is 1. The second-order valence-electron chi connectivity index (χ2n) is 12.3. The topological polar surface area (TPSA) is 62.9 Å². The molecule has 2 N–H and O–H groups in total. The molecule has 9 heteroatoms. The van der Waals surface area contributed by atoms with Crippen molar-refractivity contribution < 1.29 is 18.0 Å². The van der Waals surface area contributed by atoms with Gasteiger partial charge in [-0.25, -0.2) is 0 Å². The maximum absolute atomic E-state index is 7.44. The van der Waals surface area contributed by atoms with Crippen LogP contribution < -0.4 is 5.73 Å². The molecule has 0 bridgehead atoms. The minimum atomic E-state index is -1.95. The monoisotopic (exact) mass is 619 g/mol. The normalized spacial score (nSPS) is 25.3. The highest BCUT2D eigenvalue weighted by Gasteiger charge is 2.55. The zero-order chi connectivity index (χ0) is 29.9. The summed E-state index contributed by atoms with van der Waals surface area (Å²) < 4.78 is 29.1. The van der Waals surface area contributed by atoms with Crippen LogP contribution in [0.15, 0.2) is 0 Å². The van der Waals surface area contributed by atoms with Crippen molar-refractivity contribution in [3.8, 4) is 0 Å². The van der Waals surface area contributed by atoms with Crippen molar-refractivity contribution in [2.75, 3.05) is 6.61 Å². The molecule has 39 heavy (non-hydrogen) atoms. The highest BCUT2D eigenvalue weighted by molar-refractivity contribution is 6.81. The number of rotatable bonds is 20. The van der Waals surface area contributed by atoms with Crippen LogP contribution in [0.2, 0.25) is 72.5 Å². The Morgan fingerprint density at radius 3 is 1.21 bits per heavy atom. The predicted octanol–water partition coefficient (Wildman–Crippen LogP) is 8.93. The Morgan fingerprint density at radius 1 is 0.513 bits per heavy atom. The lowest BCUT2D eigenvalue weighted by Gasteiger charge is -2.54. The van der Waals surface area contributed by atoms with Crippen molar-refractivity contribution in [1.29, 1.82) is 0 Å². The van der Waals surface area contributed by atoms with Gasteiger partial charge in [0.1, 0.15) is 6.10 Å². The van der Waals surface area contributed by atoms with Gasteiger partial charge >= 0.3 is 0 Å². The highest BCUT2D eigenvalue weighted by atomic mass is 28.4. The highest BCUT2D eigenvalue weighted by Crippen LogP contribution is 2.40. The zero-order valence-corrected chi connectivity index (χ0v) is 32.3. The molecule has 0 aliphatic carbocycles. The van der Waals surface area contributed by atoms with E-state index in [4.69, 9.17) is 23.7 Å². The Bertz CT molecular complexity index is 636. The van der Waals surface area contributed by atoms with E-state index in [9.17, 15) is 0 Å². The number of hydrogen-bond donors (Lipinski definition) is 1. The zero-order valence-electron chi connectivity index (χ0n) is 28.3. The lowest BCUT2D eigenvalue weighted by atomic mass is 9.99. The minimum absolute atomic E-state index is 0.0788. The molecule has 1 aliphatic rings. The molecule has 0 radical (unpaired) electrons. The third-order valence-corrected chi connectivity index (χ3v) is 31.5. The van der Waals surface area contributed by atoms with Gasteiger partial charge < -0.3 is 23.7 Å². The van der Waals surface area contributed by atoms with Gasteiger partial charge in [0.05, 0.1) is 38.7 Å². The van der Waals surface area contributed by atoms with Gasteiger partial charge in [-0.05, 0) is 54.4 Å². The van der Waals surface area contributed by atoms with E-state index in [2.05, 4.69) is 83.1 Å². The number of hydrogen-bond acceptors (Lipinski definition) is 5. The molecule has 0 aromatic rings. The molecule has 0 unspecified atom stereocenters. The standard InChI is InChI=1S/C30H69NO4Si4/c1-13-36(14-2,15-3)30-27(31)29(35-39(22-10,23-11)24-12)28(34-38(19-7,20-8)21-9)26(33-30)25-32-37(16-4,17-5)18-6/h26-30H,13-25,31H2,1-12H3/t26-,27+,28-,29-,30+/m1/s1. The van der Waals surface area contributed by atoms with Gasteiger partial charge in [0.25, 0.3) is 0 Å². The lowest BCUT2D eigenvalue weighted by Crippen LogP contribution is -2.72. The lowest BCUT2D eigenvalue weighted by molar-refractivity contribution is -0.159. The van der Waals surface area contributed by atoms with Gasteiger partial charge in [0, 0.05) is 0 Å². The van der Waals surface area contributed by atoms with Crippen molar-refractivity contribution in [1.82, 2.24) is 0 Å². The first kappa shape index (κ1) is 37.7. The molecule has 1 saturated heterocycles. The molecular formula is C30H69NO4Si4. The third-order valence-electron chi connectivity index (χ3n) is 11.6. The molecule has 234 valence electrons. The van der Waals surface area contributed by atoms with Gasteiger partial charge in [-0.3, -0.25) is 0 Å². The smallest absolute Gasteiger partial charge is 0.192 e. The molecular weight excluding hydrogens is 551 g/mol. The Balaban J connectivity index is 3.76. The first-order valence-corrected chi connectivity index (χ1v) is 27.2. The SMILES string of the molecule is CC[Si](CC)(CC)OC[C@H]1O[C@@H]([Si](CC)(CC)CC)[C@@H](N)[C@@H](O[Si](CC)(CC)CC)[C@@H]1O[Si](CC)(CC)CC. The van der Waals surface area contributed by atoms with Gasteiger partial charge in [0.2, 0.25) is 0 Å². The van der Waals surface area contributed by atoms with Crippen LogP contribution in [-0.2, 0) is 18.0 Å². The van der Waals surface area contributed by atoms with E-state index >= 15 is 0 Å². The third kappa shape index (κ3) is 8.40. The van der Waals surface area contributed by atoms with Gasteiger partial charge in [-0.15, -0.1) is 0 Å². The summed E-state index contributed by atoms with van der Waals surface area (Å²) in [6, 6.07) is 13.6. The average Bonchev–Trinajstić information content (AvgIpc) is 2.99. The fraction of sp³-hybridized carbons (Fsp3) is 1.00. The summed E-state index contributed by atoms with van der Waals surface area (Å²) in [5.74, 6) is 0. The Morgan fingerprint density at radius 2 is 0.872 bits per heavy atom. The summed E-state index contributed by atoms with van der Waals surface area (Å²) in [5, 5.41) is 0. The van der Waals surface area contributed by atoms with Gasteiger partial charge in [-0.2, -0.15) is 0 Å². The van der Waals surface area contributed by atoms with E-state index in [0.29, 0.717) is 6.61 Å². The second-order valence-corrected chi connectivity index (χ2v) is 31.9. The molecule has 1 fully saturated rings. The van der Waals surface area contributed by atoms with Crippen molar-refractivity contribution in [3.63, 3.8) is 0 Å².